The van der Waals surface area contributed by atoms with Crippen LogP contribution >= 0.6 is 11.8 Å². The van der Waals surface area contributed by atoms with Crippen molar-refractivity contribution in [3.05, 3.63) is 89.5 Å². The Morgan fingerprint density at radius 1 is 0.969 bits per heavy atom. The lowest BCUT2D eigenvalue weighted by molar-refractivity contribution is -0.115. The SMILES string of the molecule is COc1ccc(C)cc1NC(=O)C(Sc1nnc(-c2cccc(C)c2)o1)c1ccccc1. The molecule has 4 aromatic rings. The Labute approximate surface area is 191 Å². The molecule has 32 heavy (non-hydrogen) atoms. The van der Waals surface area contributed by atoms with Crippen LogP contribution in [-0.4, -0.2) is 23.2 Å². The van der Waals surface area contributed by atoms with E-state index in [0.717, 1.165) is 22.3 Å². The standard InChI is InChI=1S/C25H23N3O3S/c1-16-8-7-11-19(14-16)24-27-28-25(31-24)32-22(18-9-5-4-6-10-18)23(29)26-20-15-17(2)12-13-21(20)30-3/h4-15,22H,1-3H3,(H,26,29). The molecule has 0 radical (unpaired) electrons. The molecule has 0 saturated heterocycles. The minimum atomic E-state index is -0.591. The van der Waals surface area contributed by atoms with Crippen LogP contribution in [0.4, 0.5) is 5.69 Å². The zero-order valence-electron chi connectivity index (χ0n) is 18.0. The second-order valence-electron chi connectivity index (χ2n) is 7.34. The van der Waals surface area contributed by atoms with Crippen molar-refractivity contribution in [3.8, 4) is 17.2 Å². The van der Waals surface area contributed by atoms with Crippen LogP contribution < -0.4 is 10.1 Å². The maximum absolute atomic E-state index is 13.3. The Bertz CT molecular complexity index is 1220. The van der Waals surface area contributed by atoms with Crippen LogP contribution in [0.1, 0.15) is 21.9 Å². The third-order valence-electron chi connectivity index (χ3n) is 4.84. The molecule has 6 nitrogen and oxygen atoms in total. The minimum Gasteiger partial charge on any atom is -0.495 e. The highest BCUT2D eigenvalue weighted by atomic mass is 32.2. The number of carbonyl (C=O) groups is 1. The van der Waals surface area contributed by atoms with E-state index in [2.05, 4.69) is 15.5 Å². The third kappa shape index (κ3) is 5.00. The highest BCUT2D eigenvalue weighted by Crippen LogP contribution is 2.37. The number of aromatic nitrogens is 2. The van der Waals surface area contributed by atoms with E-state index in [1.807, 2.05) is 86.6 Å². The zero-order valence-corrected chi connectivity index (χ0v) is 18.8. The number of thioether (sulfide) groups is 1. The number of amides is 1. The van der Waals surface area contributed by atoms with Crippen molar-refractivity contribution in [2.45, 2.75) is 24.3 Å². The molecule has 1 heterocycles. The first kappa shape index (κ1) is 21.6. The number of rotatable bonds is 7. The van der Waals surface area contributed by atoms with Gasteiger partial charge in [-0.3, -0.25) is 4.79 Å². The number of nitrogens with one attached hydrogen (secondary N) is 1. The van der Waals surface area contributed by atoms with Crippen molar-refractivity contribution >= 4 is 23.4 Å². The molecular formula is C25H23N3O3S. The molecule has 0 aliphatic carbocycles. The van der Waals surface area contributed by atoms with E-state index in [0.29, 0.717) is 22.6 Å². The number of nitrogens with zero attached hydrogens (tertiary/aromatic N) is 2. The first-order chi connectivity index (χ1) is 15.5. The molecule has 4 rings (SSSR count). The summed E-state index contributed by atoms with van der Waals surface area (Å²) in [7, 11) is 1.58. The number of carbonyl (C=O) groups excluding carboxylic acids is 1. The van der Waals surface area contributed by atoms with E-state index in [4.69, 9.17) is 9.15 Å². The smallest absolute Gasteiger partial charge is 0.277 e. The van der Waals surface area contributed by atoms with Gasteiger partial charge in [-0.25, -0.2) is 0 Å². The van der Waals surface area contributed by atoms with Crippen molar-refractivity contribution < 1.29 is 13.9 Å². The molecule has 1 unspecified atom stereocenters. The fraction of sp³-hybridized carbons (Fsp3) is 0.160. The first-order valence-corrected chi connectivity index (χ1v) is 11.0. The number of aryl methyl sites for hydroxylation is 2. The van der Waals surface area contributed by atoms with Gasteiger partial charge in [-0.1, -0.05) is 54.1 Å². The third-order valence-corrected chi connectivity index (χ3v) is 5.93. The summed E-state index contributed by atoms with van der Waals surface area (Å²) in [6.07, 6.45) is 0. The maximum Gasteiger partial charge on any atom is 0.277 e. The molecule has 0 fully saturated rings. The summed E-state index contributed by atoms with van der Waals surface area (Å²) >= 11 is 1.21. The summed E-state index contributed by atoms with van der Waals surface area (Å²) < 4.78 is 11.3. The van der Waals surface area contributed by atoms with E-state index < -0.39 is 5.25 Å². The summed E-state index contributed by atoms with van der Waals surface area (Å²) in [5.41, 5.74) is 4.41. The van der Waals surface area contributed by atoms with Crippen LogP contribution in [0.15, 0.2) is 82.4 Å². The van der Waals surface area contributed by atoms with Gasteiger partial charge in [0.15, 0.2) is 0 Å². The second-order valence-corrected chi connectivity index (χ2v) is 8.40. The Morgan fingerprint density at radius 2 is 1.75 bits per heavy atom. The van der Waals surface area contributed by atoms with E-state index in [1.54, 1.807) is 7.11 Å². The molecule has 0 aliphatic rings. The normalized spacial score (nSPS) is 11.7. The molecule has 0 aliphatic heterocycles. The van der Waals surface area contributed by atoms with Crippen molar-refractivity contribution in [1.29, 1.82) is 0 Å². The highest BCUT2D eigenvalue weighted by Gasteiger charge is 2.26. The lowest BCUT2D eigenvalue weighted by atomic mass is 10.1. The van der Waals surface area contributed by atoms with Gasteiger partial charge in [0.1, 0.15) is 11.0 Å². The second kappa shape index (κ2) is 9.70. The Kier molecular flexibility index (Phi) is 6.56. The lowest BCUT2D eigenvalue weighted by Crippen LogP contribution is -2.19. The van der Waals surface area contributed by atoms with E-state index in [1.165, 1.54) is 11.8 Å². The van der Waals surface area contributed by atoms with Crippen LogP contribution in [0.5, 0.6) is 5.75 Å². The average molecular weight is 446 g/mol. The van der Waals surface area contributed by atoms with Gasteiger partial charge in [-0.05, 0) is 61.0 Å². The van der Waals surface area contributed by atoms with Crippen LogP contribution in [0.25, 0.3) is 11.5 Å². The first-order valence-electron chi connectivity index (χ1n) is 10.1. The predicted molar refractivity (Wildman–Crippen MR) is 126 cm³/mol. The number of hydrogen-bond donors (Lipinski definition) is 1. The van der Waals surface area contributed by atoms with Crippen molar-refractivity contribution in [2.24, 2.45) is 0 Å². The predicted octanol–water partition coefficient (Wildman–Crippen LogP) is 5.83. The van der Waals surface area contributed by atoms with E-state index in [-0.39, 0.29) is 5.91 Å². The quantitative estimate of drug-likeness (QED) is 0.361. The van der Waals surface area contributed by atoms with E-state index >= 15 is 0 Å². The lowest BCUT2D eigenvalue weighted by Gasteiger charge is -2.17. The van der Waals surface area contributed by atoms with Gasteiger partial charge >= 0.3 is 0 Å². The van der Waals surface area contributed by atoms with Crippen LogP contribution in [0.3, 0.4) is 0 Å². The molecule has 7 heteroatoms. The number of benzene rings is 3. The number of hydrogen-bond acceptors (Lipinski definition) is 6. The maximum atomic E-state index is 13.3. The summed E-state index contributed by atoms with van der Waals surface area (Å²) in [5, 5.41) is 11.1. The van der Waals surface area contributed by atoms with Crippen molar-refractivity contribution in [3.63, 3.8) is 0 Å². The van der Waals surface area contributed by atoms with Crippen molar-refractivity contribution in [1.82, 2.24) is 10.2 Å². The monoisotopic (exact) mass is 445 g/mol. The molecule has 0 bridgehead atoms. The van der Waals surface area contributed by atoms with Gasteiger partial charge in [0.25, 0.3) is 5.22 Å². The summed E-state index contributed by atoms with van der Waals surface area (Å²) in [5.74, 6) is 0.810. The van der Waals surface area contributed by atoms with Crippen LogP contribution in [0.2, 0.25) is 0 Å². The molecule has 0 spiro atoms. The molecule has 0 saturated carbocycles. The summed E-state index contributed by atoms with van der Waals surface area (Å²) in [4.78, 5) is 13.3. The Hall–Kier alpha value is -3.58. The van der Waals surface area contributed by atoms with Gasteiger partial charge in [0, 0.05) is 5.56 Å². The summed E-state index contributed by atoms with van der Waals surface area (Å²) in [6.45, 7) is 3.97. The van der Waals surface area contributed by atoms with Crippen LogP contribution in [-0.2, 0) is 4.79 Å². The number of ether oxygens (including phenoxy) is 1. The molecular weight excluding hydrogens is 422 g/mol. The Morgan fingerprint density at radius 3 is 2.50 bits per heavy atom. The fourth-order valence-electron chi connectivity index (χ4n) is 3.27. The average Bonchev–Trinajstić information content (AvgIpc) is 3.27. The van der Waals surface area contributed by atoms with E-state index in [9.17, 15) is 4.79 Å². The van der Waals surface area contributed by atoms with Crippen molar-refractivity contribution in [2.75, 3.05) is 12.4 Å². The summed E-state index contributed by atoms with van der Waals surface area (Å²) in [6, 6.07) is 23.0. The molecule has 1 amide bonds. The Balaban J connectivity index is 1.61. The number of anilines is 1. The molecule has 1 atom stereocenters. The van der Waals surface area contributed by atoms with Gasteiger partial charge < -0.3 is 14.5 Å². The number of methoxy groups -OCH3 is 1. The van der Waals surface area contributed by atoms with Gasteiger partial charge in [-0.15, -0.1) is 10.2 Å². The van der Waals surface area contributed by atoms with Gasteiger partial charge in [0.2, 0.25) is 11.8 Å². The molecule has 1 N–H and O–H groups in total. The topological polar surface area (TPSA) is 77.2 Å². The zero-order chi connectivity index (χ0) is 22.5. The fourth-order valence-corrected chi connectivity index (χ4v) is 4.15. The van der Waals surface area contributed by atoms with Gasteiger partial charge in [-0.2, -0.15) is 0 Å². The minimum absolute atomic E-state index is 0.208. The molecule has 1 aromatic heterocycles. The van der Waals surface area contributed by atoms with Gasteiger partial charge in [0.05, 0.1) is 12.8 Å². The largest absolute Gasteiger partial charge is 0.495 e. The molecule has 3 aromatic carbocycles. The highest BCUT2D eigenvalue weighted by molar-refractivity contribution is 8.00. The molecule has 162 valence electrons. The van der Waals surface area contributed by atoms with Crippen LogP contribution in [0, 0.1) is 13.8 Å².